The van der Waals surface area contributed by atoms with Gasteiger partial charge in [-0.1, -0.05) is 27.7 Å². The average molecular weight is 563 g/mol. The molecule has 0 fully saturated rings. The van der Waals surface area contributed by atoms with E-state index >= 15 is 0 Å². The van der Waals surface area contributed by atoms with E-state index in [1.807, 2.05) is 50.5 Å². The predicted molar refractivity (Wildman–Crippen MR) is 116 cm³/mol. The molecule has 0 radical (unpaired) electrons. The molecule has 0 N–H and O–H groups in total. The van der Waals surface area contributed by atoms with E-state index in [4.69, 9.17) is 0 Å². The van der Waals surface area contributed by atoms with Crippen molar-refractivity contribution in [3.05, 3.63) is 70.5 Å². The van der Waals surface area contributed by atoms with Gasteiger partial charge in [0.25, 0.3) is 0 Å². The van der Waals surface area contributed by atoms with Crippen LogP contribution in [0.4, 0.5) is 0 Å². The Morgan fingerprint density at radius 2 is 1.38 bits per heavy atom. The summed E-state index contributed by atoms with van der Waals surface area (Å²) in [5.41, 5.74) is 5.44. The van der Waals surface area contributed by atoms with E-state index in [-0.39, 0.29) is 31.9 Å². The van der Waals surface area contributed by atoms with Gasteiger partial charge in [0.2, 0.25) is 0 Å². The molecule has 150 valence electrons. The van der Waals surface area contributed by atoms with Gasteiger partial charge >= 0.3 is 21.1 Å². The summed E-state index contributed by atoms with van der Waals surface area (Å²) in [4.78, 5) is 9.33. The van der Waals surface area contributed by atoms with Gasteiger partial charge in [0.1, 0.15) is 0 Å². The fraction of sp³-hybridized carbons (Fsp3) is 0.320. The van der Waals surface area contributed by atoms with Crippen molar-refractivity contribution < 1.29 is 21.1 Å². The zero-order chi connectivity index (χ0) is 20.5. The molecule has 0 aliphatic carbocycles. The van der Waals surface area contributed by atoms with Gasteiger partial charge in [0.05, 0.1) is 17.5 Å². The first-order valence-electron chi connectivity index (χ1n) is 9.41. The smallest absolute Gasteiger partial charge is 0.263 e. The van der Waals surface area contributed by atoms with Crippen LogP contribution in [-0.2, 0) is 31.9 Å². The van der Waals surface area contributed by atoms with E-state index in [2.05, 4.69) is 61.9 Å². The summed E-state index contributed by atoms with van der Waals surface area (Å²) in [5, 5.41) is 9.55. The molecule has 3 nitrogen and oxygen atoms in total. The molecule has 29 heavy (non-hydrogen) atoms. The zero-order valence-electron chi connectivity index (χ0n) is 17.7. The Morgan fingerprint density at radius 1 is 0.828 bits per heavy atom. The molecule has 0 unspecified atom stereocenters. The van der Waals surface area contributed by atoms with Crippen LogP contribution in [0.15, 0.2) is 51.7 Å². The van der Waals surface area contributed by atoms with E-state index in [0.717, 1.165) is 33.6 Å². The van der Waals surface area contributed by atoms with E-state index in [1.54, 1.807) is 0 Å². The number of aliphatic imine (C=N–C) groups is 2. The summed E-state index contributed by atoms with van der Waals surface area (Å²) in [6, 6.07) is 19.2. The summed E-state index contributed by atoms with van der Waals surface area (Å²) in [5.74, 6) is 0. The van der Waals surface area contributed by atoms with Crippen molar-refractivity contribution in [3.63, 3.8) is 0 Å². The summed E-state index contributed by atoms with van der Waals surface area (Å²) < 4.78 is 0. The molecule has 0 amide bonds. The van der Waals surface area contributed by atoms with Crippen molar-refractivity contribution >= 4 is 12.4 Å². The summed E-state index contributed by atoms with van der Waals surface area (Å²) >= 11 is 0. The number of rotatable bonds is 0. The minimum absolute atomic E-state index is 0. The second kappa shape index (κ2) is 8.60. The fourth-order valence-corrected chi connectivity index (χ4v) is 2.97. The summed E-state index contributed by atoms with van der Waals surface area (Å²) in [6.45, 7) is 12.3. The minimum atomic E-state index is -0.381. The Hall–Kier alpha value is -2.30. The fourth-order valence-electron chi connectivity index (χ4n) is 2.97. The Morgan fingerprint density at radius 3 is 1.97 bits per heavy atom. The van der Waals surface area contributed by atoms with Gasteiger partial charge in [0.15, 0.2) is 0 Å². The van der Waals surface area contributed by atoms with Crippen LogP contribution in [0.1, 0.15) is 58.2 Å². The molecular formula is C25H25N3Pt. The SMILES string of the molecule is C/C1=C(\C)N=CC(C)(C)c2[c-]c(cc(C#N)c2)-c2[c-]c(ccc2)C(C)(C)C=N1.[Pt+2]. The normalized spacial score (nSPS) is 19.6. The van der Waals surface area contributed by atoms with Crippen LogP contribution in [0, 0.1) is 23.5 Å². The van der Waals surface area contributed by atoms with E-state index in [1.165, 1.54) is 0 Å². The van der Waals surface area contributed by atoms with E-state index in [0.29, 0.717) is 5.56 Å². The molecule has 0 aromatic heterocycles. The third kappa shape index (κ3) is 5.01. The van der Waals surface area contributed by atoms with Gasteiger partial charge in [-0.25, -0.2) is 11.1 Å². The van der Waals surface area contributed by atoms with Gasteiger partial charge in [-0.3, -0.25) is 9.98 Å². The van der Waals surface area contributed by atoms with Gasteiger partial charge in [-0.15, -0.1) is 23.3 Å². The molecular weight excluding hydrogens is 537 g/mol. The van der Waals surface area contributed by atoms with Crippen molar-refractivity contribution in [1.82, 2.24) is 0 Å². The Balaban J connectivity index is 0.00000300. The molecule has 1 heterocycles. The Labute approximate surface area is 188 Å². The Kier molecular flexibility index (Phi) is 6.81. The standard InChI is InChI=1S/C25H25N3.Pt/c1-17-18(2)28-16-25(5,6)23-11-19(14-26)10-21(13-23)20-8-7-9-22(12-20)24(3,4)15-27-17;/h7-11,15-16H,1-6H3;/q-2;+2/b18-17-,27-15?,28-16?;. The Bertz CT molecular complexity index is 1050. The molecule has 0 atom stereocenters. The molecule has 4 heteroatoms. The van der Waals surface area contributed by atoms with E-state index in [9.17, 15) is 5.26 Å². The molecule has 0 saturated carbocycles. The van der Waals surface area contributed by atoms with Crippen molar-refractivity contribution in [2.45, 2.75) is 52.4 Å². The average Bonchev–Trinajstić information content (AvgIpc) is 2.69. The van der Waals surface area contributed by atoms with Gasteiger partial charge < -0.3 is 0 Å². The van der Waals surface area contributed by atoms with Crippen LogP contribution in [-0.4, -0.2) is 12.4 Å². The molecule has 1 aliphatic rings. The van der Waals surface area contributed by atoms with Crippen molar-refractivity contribution in [2.24, 2.45) is 9.98 Å². The molecule has 3 rings (SSSR count). The van der Waals surface area contributed by atoms with Crippen LogP contribution in [0.5, 0.6) is 0 Å². The first kappa shape index (κ1) is 23.0. The quantitative estimate of drug-likeness (QED) is 0.376. The van der Waals surface area contributed by atoms with Crippen LogP contribution in [0.25, 0.3) is 11.1 Å². The summed E-state index contributed by atoms with van der Waals surface area (Å²) in [7, 11) is 0. The van der Waals surface area contributed by atoms with Gasteiger partial charge in [0, 0.05) is 23.3 Å². The first-order chi connectivity index (χ1) is 13.1. The number of hydrogen-bond donors (Lipinski definition) is 0. The molecule has 0 saturated heterocycles. The summed E-state index contributed by atoms with van der Waals surface area (Å²) in [6.07, 6.45) is 3.86. The molecule has 0 spiro atoms. The largest absolute Gasteiger partial charge is 2.00 e. The molecule has 2 aromatic carbocycles. The molecule has 4 bridgehead atoms. The van der Waals surface area contributed by atoms with Gasteiger partial charge in [-0.2, -0.15) is 35.6 Å². The zero-order valence-corrected chi connectivity index (χ0v) is 20.0. The minimum Gasteiger partial charge on any atom is -0.263 e. The third-order valence-corrected chi connectivity index (χ3v) is 5.16. The molecule has 1 aliphatic heterocycles. The third-order valence-electron chi connectivity index (χ3n) is 5.16. The second-order valence-electron chi connectivity index (χ2n) is 8.42. The number of nitriles is 1. The predicted octanol–water partition coefficient (Wildman–Crippen LogP) is 5.78. The number of nitrogens with zero attached hydrogens (tertiary/aromatic N) is 3. The monoisotopic (exact) mass is 562 g/mol. The number of fused-ring (bicyclic) bond motifs is 5. The van der Waals surface area contributed by atoms with Crippen molar-refractivity contribution in [2.75, 3.05) is 0 Å². The molecule has 2 aromatic rings. The van der Waals surface area contributed by atoms with Gasteiger partial charge in [-0.05, 0) is 19.4 Å². The number of allylic oxidation sites excluding steroid dienone is 2. The second-order valence-corrected chi connectivity index (χ2v) is 8.42. The number of benzene rings is 2. The number of hydrogen-bond acceptors (Lipinski definition) is 3. The van der Waals surface area contributed by atoms with Crippen molar-refractivity contribution in [3.8, 4) is 17.2 Å². The van der Waals surface area contributed by atoms with Crippen LogP contribution >= 0.6 is 0 Å². The van der Waals surface area contributed by atoms with Crippen LogP contribution in [0.3, 0.4) is 0 Å². The van der Waals surface area contributed by atoms with E-state index < -0.39 is 0 Å². The first-order valence-corrected chi connectivity index (χ1v) is 9.41. The maximum absolute atomic E-state index is 9.55. The maximum Gasteiger partial charge on any atom is 2.00 e. The van der Waals surface area contributed by atoms with Crippen LogP contribution < -0.4 is 0 Å². The maximum atomic E-state index is 9.55. The topological polar surface area (TPSA) is 48.5 Å². The van der Waals surface area contributed by atoms with Crippen molar-refractivity contribution in [1.29, 1.82) is 5.26 Å². The van der Waals surface area contributed by atoms with Crippen LogP contribution in [0.2, 0.25) is 0 Å².